The average Bonchev–Trinajstić information content (AvgIpc) is 2.41. The lowest BCUT2D eigenvalue weighted by Gasteiger charge is -2.23. The lowest BCUT2D eigenvalue weighted by Crippen LogP contribution is -2.47. The zero-order valence-electron chi connectivity index (χ0n) is 11.5. The predicted octanol–water partition coefficient (Wildman–Crippen LogP) is 0.561. The van der Waals surface area contributed by atoms with Crippen molar-refractivity contribution in [3.05, 3.63) is 23.8 Å². The Hall–Kier alpha value is -1.60. The Balaban J connectivity index is 2.14. The Morgan fingerprint density at radius 2 is 2.15 bits per heavy atom. The smallest absolute Gasteiger partial charge is 0.240 e. The topological polar surface area (TPSA) is 84.5 Å². The molecule has 1 unspecified atom stereocenters. The molecule has 0 radical (unpaired) electrons. The van der Waals surface area contributed by atoms with Gasteiger partial charge in [0.1, 0.15) is 5.75 Å². The normalized spacial score (nSPS) is 19.5. The van der Waals surface area contributed by atoms with Crippen LogP contribution in [0.1, 0.15) is 18.4 Å². The van der Waals surface area contributed by atoms with Crippen LogP contribution in [0.4, 0.5) is 0 Å². The van der Waals surface area contributed by atoms with E-state index in [-0.39, 0.29) is 16.8 Å². The maximum atomic E-state index is 12.3. The van der Waals surface area contributed by atoms with Gasteiger partial charge in [0.25, 0.3) is 0 Å². The third-order valence-electron chi connectivity index (χ3n) is 3.26. The van der Waals surface area contributed by atoms with Gasteiger partial charge in [0.15, 0.2) is 0 Å². The number of aryl methyl sites for hydroxylation is 1. The van der Waals surface area contributed by atoms with Crippen LogP contribution in [0.5, 0.6) is 5.75 Å². The minimum atomic E-state index is -3.58. The number of rotatable bonds is 4. The monoisotopic (exact) mass is 298 g/mol. The second-order valence-electron chi connectivity index (χ2n) is 4.79. The molecular formula is C13H18N2O4S. The molecule has 0 aliphatic carbocycles. The van der Waals surface area contributed by atoms with E-state index in [0.717, 1.165) is 5.56 Å². The number of benzene rings is 1. The molecule has 2 rings (SSSR count). The van der Waals surface area contributed by atoms with E-state index < -0.39 is 10.0 Å². The zero-order valence-corrected chi connectivity index (χ0v) is 12.3. The Kier molecular flexibility index (Phi) is 4.29. The lowest BCUT2D eigenvalue weighted by atomic mass is 10.1. The number of hydrogen-bond donors (Lipinski definition) is 2. The van der Waals surface area contributed by atoms with Crippen LogP contribution in [-0.2, 0) is 14.8 Å². The molecule has 2 N–H and O–H groups in total. The Morgan fingerprint density at radius 3 is 2.70 bits per heavy atom. The molecule has 1 amide bonds. The third kappa shape index (κ3) is 3.29. The molecule has 1 atom stereocenters. The number of carbonyl (C=O) groups is 1. The SMILES string of the molecule is COc1ccc(S(=O)(=O)NC2CCC(=O)NC2)cc1C. The van der Waals surface area contributed by atoms with E-state index in [4.69, 9.17) is 4.74 Å². The first-order chi connectivity index (χ1) is 9.42. The van der Waals surface area contributed by atoms with Crippen LogP contribution in [0.3, 0.4) is 0 Å². The van der Waals surface area contributed by atoms with E-state index in [9.17, 15) is 13.2 Å². The van der Waals surface area contributed by atoms with Gasteiger partial charge in [-0.15, -0.1) is 0 Å². The fraction of sp³-hybridized carbons (Fsp3) is 0.462. The maximum Gasteiger partial charge on any atom is 0.240 e. The summed E-state index contributed by atoms with van der Waals surface area (Å²) in [4.78, 5) is 11.3. The largest absolute Gasteiger partial charge is 0.496 e. The van der Waals surface area contributed by atoms with Gasteiger partial charge in [0.2, 0.25) is 15.9 Å². The van der Waals surface area contributed by atoms with Crippen molar-refractivity contribution >= 4 is 15.9 Å². The van der Waals surface area contributed by atoms with Gasteiger partial charge in [-0.05, 0) is 37.1 Å². The summed E-state index contributed by atoms with van der Waals surface area (Å²) in [5.41, 5.74) is 0.757. The van der Waals surface area contributed by atoms with Crippen LogP contribution in [0.15, 0.2) is 23.1 Å². The van der Waals surface area contributed by atoms with Crippen LogP contribution in [-0.4, -0.2) is 34.0 Å². The number of methoxy groups -OCH3 is 1. The van der Waals surface area contributed by atoms with Crippen molar-refractivity contribution in [3.8, 4) is 5.75 Å². The van der Waals surface area contributed by atoms with Crippen LogP contribution >= 0.6 is 0 Å². The highest BCUT2D eigenvalue weighted by Crippen LogP contribution is 2.21. The standard InChI is InChI=1S/C13H18N2O4S/c1-9-7-11(4-5-12(9)19-2)20(17,18)15-10-3-6-13(16)14-8-10/h4-5,7,10,15H,3,6,8H2,1-2H3,(H,14,16). The van der Waals surface area contributed by atoms with E-state index in [1.165, 1.54) is 6.07 Å². The number of carbonyl (C=O) groups excluding carboxylic acids is 1. The van der Waals surface area contributed by atoms with Gasteiger partial charge in [-0.25, -0.2) is 13.1 Å². The zero-order chi connectivity index (χ0) is 14.8. The molecule has 1 aliphatic rings. The Morgan fingerprint density at radius 1 is 1.40 bits per heavy atom. The number of hydrogen-bond acceptors (Lipinski definition) is 4. The van der Waals surface area contributed by atoms with Crippen LogP contribution in [0.25, 0.3) is 0 Å². The summed E-state index contributed by atoms with van der Waals surface area (Å²) in [7, 11) is -2.04. The average molecular weight is 298 g/mol. The van der Waals surface area contributed by atoms with Gasteiger partial charge in [0, 0.05) is 19.0 Å². The Labute approximate surface area is 118 Å². The molecule has 0 saturated carbocycles. The van der Waals surface area contributed by atoms with Crippen molar-refractivity contribution in [3.63, 3.8) is 0 Å². The summed E-state index contributed by atoms with van der Waals surface area (Å²) in [5.74, 6) is 0.606. The van der Waals surface area contributed by atoms with Crippen molar-refractivity contribution in [1.29, 1.82) is 0 Å². The summed E-state index contributed by atoms with van der Waals surface area (Å²) in [6.45, 7) is 2.12. The summed E-state index contributed by atoms with van der Waals surface area (Å²) >= 11 is 0. The minimum absolute atomic E-state index is 0.0410. The van der Waals surface area contributed by atoms with Crippen LogP contribution in [0.2, 0.25) is 0 Å². The molecule has 1 heterocycles. The summed E-state index contributed by atoms with van der Waals surface area (Å²) in [6.07, 6.45) is 0.856. The van der Waals surface area contributed by atoms with E-state index in [1.54, 1.807) is 26.2 Å². The van der Waals surface area contributed by atoms with Gasteiger partial charge < -0.3 is 10.1 Å². The highest BCUT2D eigenvalue weighted by atomic mass is 32.2. The van der Waals surface area contributed by atoms with Crippen molar-refractivity contribution in [2.24, 2.45) is 0 Å². The summed E-state index contributed by atoms with van der Waals surface area (Å²) < 4.78 is 32.3. The van der Waals surface area contributed by atoms with E-state index >= 15 is 0 Å². The molecule has 110 valence electrons. The fourth-order valence-electron chi connectivity index (χ4n) is 2.14. The van der Waals surface area contributed by atoms with E-state index in [0.29, 0.717) is 25.1 Å². The number of ether oxygens (including phenoxy) is 1. The van der Waals surface area contributed by atoms with Gasteiger partial charge >= 0.3 is 0 Å². The molecule has 1 saturated heterocycles. The second-order valence-corrected chi connectivity index (χ2v) is 6.51. The number of sulfonamides is 1. The molecule has 0 bridgehead atoms. The molecule has 1 aromatic carbocycles. The number of amides is 1. The summed E-state index contributed by atoms with van der Waals surface area (Å²) in [6, 6.07) is 4.45. The first-order valence-electron chi connectivity index (χ1n) is 6.36. The van der Waals surface area contributed by atoms with Gasteiger partial charge in [-0.2, -0.15) is 0 Å². The summed E-state index contributed by atoms with van der Waals surface area (Å²) in [5, 5.41) is 2.65. The lowest BCUT2D eigenvalue weighted by molar-refractivity contribution is -0.122. The molecule has 1 fully saturated rings. The van der Waals surface area contributed by atoms with Crippen molar-refractivity contribution in [2.45, 2.75) is 30.7 Å². The van der Waals surface area contributed by atoms with Gasteiger partial charge in [0.05, 0.1) is 12.0 Å². The van der Waals surface area contributed by atoms with E-state index in [1.807, 2.05) is 0 Å². The predicted molar refractivity (Wildman–Crippen MR) is 74.1 cm³/mol. The highest BCUT2D eigenvalue weighted by molar-refractivity contribution is 7.89. The number of nitrogens with one attached hydrogen (secondary N) is 2. The van der Waals surface area contributed by atoms with Gasteiger partial charge in [-0.3, -0.25) is 4.79 Å². The molecule has 0 aromatic heterocycles. The van der Waals surface area contributed by atoms with Crippen molar-refractivity contribution in [2.75, 3.05) is 13.7 Å². The van der Waals surface area contributed by atoms with Crippen molar-refractivity contribution in [1.82, 2.24) is 10.0 Å². The molecular weight excluding hydrogens is 280 g/mol. The molecule has 0 spiro atoms. The minimum Gasteiger partial charge on any atom is -0.496 e. The molecule has 1 aromatic rings. The van der Waals surface area contributed by atoms with Crippen LogP contribution in [0, 0.1) is 6.92 Å². The Bertz CT molecular complexity index is 603. The first-order valence-corrected chi connectivity index (χ1v) is 7.84. The van der Waals surface area contributed by atoms with E-state index in [2.05, 4.69) is 10.0 Å². The molecule has 1 aliphatic heterocycles. The number of piperidine rings is 1. The fourth-order valence-corrected chi connectivity index (χ4v) is 3.49. The molecule has 7 heteroatoms. The second kappa shape index (κ2) is 5.80. The first kappa shape index (κ1) is 14.8. The molecule has 6 nitrogen and oxygen atoms in total. The maximum absolute atomic E-state index is 12.3. The molecule has 20 heavy (non-hydrogen) atoms. The van der Waals surface area contributed by atoms with Crippen molar-refractivity contribution < 1.29 is 17.9 Å². The van der Waals surface area contributed by atoms with Crippen LogP contribution < -0.4 is 14.8 Å². The highest BCUT2D eigenvalue weighted by Gasteiger charge is 2.24. The third-order valence-corrected chi connectivity index (χ3v) is 4.78. The quantitative estimate of drug-likeness (QED) is 0.850. The van der Waals surface area contributed by atoms with Gasteiger partial charge in [-0.1, -0.05) is 0 Å².